The van der Waals surface area contributed by atoms with Gasteiger partial charge in [-0.05, 0) is 50.3 Å². The van der Waals surface area contributed by atoms with Crippen LogP contribution in [0.15, 0.2) is 24.3 Å². The minimum Gasteiger partial charge on any atom is -0.508 e. The third-order valence-electron chi connectivity index (χ3n) is 4.05. The standard InChI is InChI=1S/C19H24O5/c1-13-8-6-4-3-5-7-9-15(20)10-14-11-16(21)12-17(23-2)18(14)19(22)24-13/h7,9,11-13,21H,3-6,8,10H2,1-2H3/t13-/m0/s1. The van der Waals surface area contributed by atoms with Crippen LogP contribution in [0.4, 0.5) is 0 Å². The number of phenols is 1. The highest BCUT2D eigenvalue weighted by Crippen LogP contribution is 2.30. The highest BCUT2D eigenvalue weighted by atomic mass is 16.5. The summed E-state index contributed by atoms with van der Waals surface area (Å²) in [5, 5.41) is 9.83. The van der Waals surface area contributed by atoms with Gasteiger partial charge in [0.25, 0.3) is 0 Å². The first-order valence-electron chi connectivity index (χ1n) is 8.31. The van der Waals surface area contributed by atoms with Gasteiger partial charge in [-0.2, -0.15) is 0 Å². The number of benzene rings is 1. The molecule has 1 aliphatic heterocycles. The fourth-order valence-electron chi connectivity index (χ4n) is 2.82. The van der Waals surface area contributed by atoms with Crippen molar-refractivity contribution in [2.24, 2.45) is 0 Å². The average Bonchev–Trinajstić information content (AvgIpc) is 2.52. The summed E-state index contributed by atoms with van der Waals surface area (Å²) in [7, 11) is 1.42. The molecule has 1 atom stereocenters. The first-order chi connectivity index (χ1) is 11.5. The molecule has 0 amide bonds. The number of rotatable bonds is 1. The van der Waals surface area contributed by atoms with E-state index in [1.165, 1.54) is 19.2 Å². The molecule has 0 spiro atoms. The molecule has 0 aromatic heterocycles. The van der Waals surface area contributed by atoms with E-state index >= 15 is 0 Å². The minimum atomic E-state index is -0.525. The topological polar surface area (TPSA) is 72.8 Å². The number of ketones is 1. The second kappa shape index (κ2) is 8.52. The number of hydrogen-bond donors (Lipinski definition) is 1. The molecular formula is C19H24O5. The number of ether oxygens (including phenoxy) is 2. The van der Waals surface area contributed by atoms with E-state index in [9.17, 15) is 14.7 Å². The maximum absolute atomic E-state index is 12.6. The van der Waals surface area contributed by atoms with Gasteiger partial charge in [0.2, 0.25) is 0 Å². The summed E-state index contributed by atoms with van der Waals surface area (Å²) in [4.78, 5) is 24.7. The summed E-state index contributed by atoms with van der Waals surface area (Å²) in [5.41, 5.74) is 0.622. The van der Waals surface area contributed by atoms with E-state index in [1.54, 1.807) is 6.08 Å². The molecule has 1 aromatic carbocycles. The van der Waals surface area contributed by atoms with E-state index in [1.807, 2.05) is 13.0 Å². The van der Waals surface area contributed by atoms with Gasteiger partial charge < -0.3 is 14.6 Å². The summed E-state index contributed by atoms with van der Waals surface area (Å²) in [5.74, 6) is -0.486. The van der Waals surface area contributed by atoms with Gasteiger partial charge in [0.15, 0.2) is 5.78 Å². The molecule has 0 saturated carbocycles. The summed E-state index contributed by atoms with van der Waals surface area (Å²) >= 11 is 0. The predicted molar refractivity (Wildman–Crippen MR) is 90.5 cm³/mol. The van der Waals surface area contributed by atoms with Crippen molar-refractivity contribution in [3.8, 4) is 11.5 Å². The first-order valence-corrected chi connectivity index (χ1v) is 8.31. The van der Waals surface area contributed by atoms with Crippen LogP contribution in [0.2, 0.25) is 0 Å². The fraction of sp³-hybridized carbons (Fsp3) is 0.474. The SMILES string of the molecule is COc1cc(O)cc2c1C(=O)O[C@@H](C)CCCCCC=CC(=O)C2. The Hall–Kier alpha value is -2.30. The lowest BCUT2D eigenvalue weighted by Crippen LogP contribution is -2.18. The van der Waals surface area contributed by atoms with E-state index < -0.39 is 5.97 Å². The van der Waals surface area contributed by atoms with Gasteiger partial charge in [0.1, 0.15) is 17.1 Å². The third-order valence-corrected chi connectivity index (χ3v) is 4.05. The molecule has 0 bridgehead atoms. The summed E-state index contributed by atoms with van der Waals surface area (Å²) in [6, 6.07) is 2.77. The molecule has 5 nitrogen and oxygen atoms in total. The predicted octanol–water partition coefficient (Wildman–Crippen LogP) is 3.58. The van der Waals surface area contributed by atoms with E-state index in [0.717, 1.165) is 32.1 Å². The van der Waals surface area contributed by atoms with E-state index in [-0.39, 0.29) is 35.4 Å². The summed E-state index contributed by atoms with van der Waals surface area (Å²) in [6.45, 7) is 1.86. The number of allylic oxidation sites excluding steroid dienone is 2. The van der Waals surface area contributed by atoms with Gasteiger partial charge in [0, 0.05) is 12.5 Å². The lowest BCUT2D eigenvalue weighted by atomic mass is 9.99. The molecule has 5 heteroatoms. The van der Waals surface area contributed by atoms with Crippen LogP contribution in [-0.2, 0) is 16.0 Å². The van der Waals surface area contributed by atoms with Crippen LogP contribution in [0.1, 0.15) is 54.9 Å². The Kier molecular flexibility index (Phi) is 6.41. The smallest absolute Gasteiger partial charge is 0.342 e. The van der Waals surface area contributed by atoms with Crippen molar-refractivity contribution in [3.05, 3.63) is 35.4 Å². The molecule has 1 aromatic rings. The van der Waals surface area contributed by atoms with Crippen LogP contribution in [-0.4, -0.2) is 30.1 Å². The Morgan fingerprint density at radius 1 is 1.21 bits per heavy atom. The highest BCUT2D eigenvalue weighted by Gasteiger charge is 2.23. The number of phenolic OH excluding ortho intramolecular Hbond substituents is 1. The number of hydrogen-bond acceptors (Lipinski definition) is 5. The van der Waals surface area contributed by atoms with Gasteiger partial charge in [-0.3, -0.25) is 4.79 Å². The van der Waals surface area contributed by atoms with Gasteiger partial charge in [-0.1, -0.05) is 12.5 Å². The number of carbonyl (C=O) groups is 2. The normalized spacial score (nSPS) is 20.0. The number of fused-ring (bicyclic) bond motifs is 1. The van der Waals surface area contributed by atoms with Crippen LogP contribution >= 0.6 is 0 Å². The maximum Gasteiger partial charge on any atom is 0.342 e. The number of cyclic esters (lactones) is 1. The zero-order valence-electron chi connectivity index (χ0n) is 14.2. The molecule has 1 N–H and O–H groups in total. The van der Waals surface area contributed by atoms with E-state index in [2.05, 4.69) is 0 Å². The Morgan fingerprint density at radius 2 is 2.00 bits per heavy atom. The summed E-state index contributed by atoms with van der Waals surface area (Å²) < 4.78 is 10.7. The zero-order chi connectivity index (χ0) is 17.5. The van der Waals surface area contributed by atoms with Crippen molar-refractivity contribution in [3.63, 3.8) is 0 Å². The molecule has 0 aliphatic carbocycles. The van der Waals surface area contributed by atoms with Crippen molar-refractivity contribution in [1.82, 2.24) is 0 Å². The molecule has 0 fully saturated rings. The lowest BCUT2D eigenvalue weighted by Gasteiger charge is -2.17. The minimum absolute atomic E-state index is 0.0140. The molecule has 1 heterocycles. The van der Waals surface area contributed by atoms with Crippen molar-refractivity contribution in [2.75, 3.05) is 7.11 Å². The second-order valence-corrected chi connectivity index (χ2v) is 6.08. The Balaban J connectivity index is 2.41. The van der Waals surface area contributed by atoms with Crippen LogP contribution in [0.3, 0.4) is 0 Å². The Labute approximate surface area is 142 Å². The van der Waals surface area contributed by atoms with Crippen molar-refractivity contribution >= 4 is 11.8 Å². The molecule has 1 aliphatic rings. The number of aromatic hydroxyl groups is 1. The molecule has 0 saturated heterocycles. The van der Waals surface area contributed by atoms with Crippen LogP contribution in [0.25, 0.3) is 0 Å². The van der Waals surface area contributed by atoms with Crippen LogP contribution < -0.4 is 4.74 Å². The van der Waals surface area contributed by atoms with Gasteiger partial charge in [-0.25, -0.2) is 4.79 Å². The maximum atomic E-state index is 12.6. The van der Waals surface area contributed by atoms with Crippen LogP contribution in [0.5, 0.6) is 11.5 Å². The molecule has 130 valence electrons. The van der Waals surface area contributed by atoms with Gasteiger partial charge in [-0.15, -0.1) is 0 Å². The van der Waals surface area contributed by atoms with E-state index in [0.29, 0.717) is 5.56 Å². The largest absolute Gasteiger partial charge is 0.508 e. The van der Waals surface area contributed by atoms with Crippen molar-refractivity contribution < 1.29 is 24.2 Å². The monoisotopic (exact) mass is 332 g/mol. The molecule has 24 heavy (non-hydrogen) atoms. The molecule has 2 rings (SSSR count). The molecular weight excluding hydrogens is 308 g/mol. The second-order valence-electron chi connectivity index (χ2n) is 6.08. The summed E-state index contributed by atoms with van der Waals surface area (Å²) in [6.07, 6.45) is 7.88. The third kappa shape index (κ3) is 4.85. The average molecular weight is 332 g/mol. The Morgan fingerprint density at radius 3 is 2.75 bits per heavy atom. The lowest BCUT2D eigenvalue weighted by molar-refractivity contribution is -0.114. The first kappa shape index (κ1) is 18.0. The van der Waals surface area contributed by atoms with Gasteiger partial charge in [0.05, 0.1) is 13.2 Å². The highest BCUT2D eigenvalue weighted by molar-refractivity contribution is 5.98. The zero-order valence-corrected chi connectivity index (χ0v) is 14.2. The Bertz CT molecular complexity index is 633. The number of esters is 1. The fourth-order valence-corrected chi connectivity index (χ4v) is 2.82. The number of methoxy groups -OCH3 is 1. The van der Waals surface area contributed by atoms with Crippen molar-refractivity contribution in [1.29, 1.82) is 0 Å². The van der Waals surface area contributed by atoms with Gasteiger partial charge >= 0.3 is 5.97 Å². The molecule has 0 unspecified atom stereocenters. The van der Waals surface area contributed by atoms with Crippen LogP contribution in [0, 0.1) is 0 Å². The van der Waals surface area contributed by atoms with Crippen molar-refractivity contribution in [2.45, 2.75) is 51.6 Å². The molecule has 0 radical (unpaired) electrons. The van der Waals surface area contributed by atoms with E-state index in [4.69, 9.17) is 9.47 Å². The number of carbonyl (C=O) groups excluding carboxylic acids is 2. The quantitative estimate of drug-likeness (QED) is 0.796.